The third kappa shape index (κ3) is 3.26. The van der Waals surface area contributed by atoms with Gasteiger partial charge in [0, 0.05) is 29.2 Å². The highest BCUT2D eigenvalue weighted by molar-refractivity contribution is 7.80. The SMILES string of the molecule is O=S1CC(N2[CH]CC(c3cc(Cl)cc(Cl)c3)(C(F)(F)F)C2)CO1. The molecule has 3 rings (SSSR count). The Morgan fingerprint density at radius 2 is 1.91 bits per heavy atom. The third-order valence-electron chi connectivity index (χ3n) is 4.27. The molecule has 127 valence electrons. The first kappa shape index (κ1) is 17.5. The molecule has 0 amide bonds. The van der Waals surface area contributed by atoms with Gasteiger partial charge in [0.2, 0.25) is 0 Å². The maximum Gasteiger partial charge on any atom is 0.399 e. The van der Waals surface area contributed by atoms with Crippen LogP contribution in [0.2, 0.25) is 10.0 Å². The molecule has 0 saturated carbocycles. The molecule has 1 aromatic carbocycles. The zero-order valence-corrected chi connectivity index (χ0v) is 14.1. The Balaban J connectivity index is 1.95. The van der Waals surface area contributed by atoms with Gasteiger partial charge in [0.15, 0.2) is 11.1 Å². The second kappa shape index (κ2) is 6.19. The van der Waals surface area contributed by atoms with Crippen molar-refractivity contribution in [3.05, 3.63) is 40.4 Å². The Labute approximate surface area is 144 Å². The van der Waals surface area contributed by atoms with E-state index in [1.807, 2.05) is 0 Å². The number of hydrogen-bond donors (Lipinski definition) is 0. The quantitative estimate of drug-likeness (QED) is 0.775. The summed E-state index contributed by atoms with van der Waals surface area (Å²) in [6, 6.07) is 3.71. The number of likely N-dealkylation sites (tertiary alicyclic amines) is 1. The van der Waals surface area contributed by atoms with Gasteiger partial charge in [-0.15, -0.1) is 0 Å². The summed E-state index contributed by atoms with van der Waals surface area (Å²) < 4.78 is 57.9. The van der Waals surface area contributed by atoms with Crippen molar-refractivity contribution in [2.24, 2.45) is 0 Å². The number of nitrogens with zero attached hydrogens (tertiary/aromatic N) is 1. The van der Waals surface area contributed by atoms with Crippen LogP contribution in [0.15, 0.2) is 18.2 Å². The third-order valence-corrected chi connectivity index (χ3v) is 5.77. The van der Waals surface area contributed by atoms with Crippen LogP contribution in [0.5, 0.6) is 0 Å². The van der Waals surface area contributed by atoms with E-state index in [0.29, 0.717) is 0 Å². The topological polar surface area (TPSA) is 29.5 Å². The Morgan fingerprint density at radius 1 is 1.26 bits per heavy atom. The molecule has 0 spiro atoms. The van der Waals surface area contributed by atoms with Crippen molar-refractivity contribution in [2.45, 2.75) is 24.1 Å². The van der Waals surface area contributed by atoms with Crippen LogP contribution in [0.25, 0.3) is 0 Å². The maximum absolute atomic E-state index is 13.9. The fourth-order valence-electron chi connectivity index (χ4n) is 3.00. The molecule has 2 fully saturated rings. The van der Waals surface area contributed by atoms with Crippen LogP contribution in [-0.2, 0) is 20.7 Å². The van der Waals surface area contributed by atoms with Gasteiger partial charge in [-0.05, 0) is 30.2 Å². The summed E-state index contributed by atoms with van der Waals surface area (Å²) >= 11 is 10.3. The van der Waals surface area contributed by atoms with Crippen molar-refractivity contribution in [1.82, 2.24) is 4.90 Å². The lowest BCUT2D eigenvalue weighted by Gasteiger charge is -2.33. The highest BCUT2D eigenvalue weighted by Crippen LogP contribution is 2.50. The second-order valence-corrected chi connectivity index (χ2v) is 7.76. The van der Waals surface area contributed by atoms with Crippen LogP contribution < -0.4 is 0 Å². The van der Waals surface area contributed by atoms with Crippen LogP contribution in [-0.4, -0.2) is 40.2 Å². The minimum atomic E-state index is -4.47. The van der Waals surface area contributed by atoms with Gasteiger partial charge >= 0.3 is 6.18 Å². The summed E-state index contributed by atoms with van der Waals surface area (Å²) in [6.45, 7) is 1.41. The molecule has 2 aliphatic heterocycles. The van der Waals surface area contributed by atoms with Gasteiger partial charge in [0.25, 0.3) is 0 Å². The van der Waals surface area contributed by atoms with Gasteiger partial charge in [-0.2, -0.15) is 13.2 Å². The van der Waals surface area contributed by atoms with Crippen molar-refractivity contribution in [3.8, 4) is 0 Å². The van der Waals surface area contributed by atoms with Crippen molar-refractivity contribution < 1.29 is 21.6 Å². The smallest absolute Gasteiger partial charge is 0.291 e. The summed E-state index contributed by atoms with van der Waals surface area (Å²) in [6.07, 6.45) is -4.68. The van der Waals surface area contributed by atoms with E-state index in [4.69, 9.17) is 27.4 Å². The average molecular weight is 387 g/mol. The lowest BCUT2D eigenvalue weighted by Crippen LogP contribution is -2.46. The zero-order chi connectivity index (χ0) is 16.8. The summed E-state index contributed by atoms with van der Waals surface area (Å²) in [5, 5.41) is 0.333. The molecule has 23 heavy (non-hydrogen) atoms. The number of halogens is 5. The van der Waals surface area contributed by atoms with Crippen LogP contribution >= 0.6 is 23.2 Å². The summed E-state index contributed by atoms with van der Waals surface area (Å²) in [5.41, 5.74) is -2.03. The fourth-order valence-corrected chi connectivity index (χ4v) is 4.53. The van der Waals surface area contributed by atoms with E-state index in [-0.39, 0.29) is 47.0 Å². The van der Waals surface area contributed by atoms with Crippen LogP contribution in [0.3, 0.4) is 0 Å². The first-order chi connectivity index (χ1) is 10.7. The van der Waals surface area contributed by atoms with Gasteiger partial charge in [0.05, 0.1) is 12.4 Å². The van der Waals surface area contributed by atoms with Crippen molar-refractivity contribution in [3.63, 3.8) is 0 Å². The van der Waals surface area contributed by atoms with E-state index in [2.05, 4.69) is 0 Å². The van der Waals surface area contributed by atoms with Crippen LogP contribution in [0.1, 0.15) is 12.0 Å². The van der Waals surface area contributed by atoms with Gasteiger partial charge in [-0.1, -0.05) is 23.2 Å². The van der Waals surface area contributed by atoms with E-state index >= 15 is 0 Å². The molecule has 2 aliphatic rings. The van der Waals surface area contributed by atoms with Crippen molar-refractivity contribution in [2.75, 3.05) is 18.9 Å². The van der Waals surface area contributed by atoms with Gasteiger partial charge in [-0.3, -0.25) is 9.08 Å². The second-order valence-electron chi connectivity index (χ2n) is 5.71. The minimum absolute atomic E-state index is 0.0429. The normalized spacial score (nSPS) is 32.6. The first-order valence-corrected chi connectivity index (χ1v) is 8.85. The van der Waals surface area contributed by atoms with Crippen LogP contribution in [0.4, 0.5) is 13.2 Å². The first-order valence-electron chi connectivity index (χ1n) is 6.85. The highest BCUT2D eigenvalue weighted by atomic mass is 35.5. The predicted molar refractivity (Wildman–Crippen MR) is 82.6 cm³/mol. The Kier molecular flexibility index (Phi) is 4.70. The average Bonchev–Trinajstić information content (AvgIpc) is 3.03. The fraction of sp³-hybridized carbons (Fsp3) is 0.500. The molecule has 1 radical (unpaired) electrons. The molecule has 3 nitrogen and oxygen atoms in total. The largest absolute Gasteiger partial charge is 0.399 e. The summed E-state index contributed by atoms with van der Waals surface area (Å²) in [4.78, 5) is 1.58. The lowest BCUT2D eigenvalue weighted by atomic mass is 9.79. The van der Waals surface area contributed by atoms with E-state index in [1.54, 1.807) is 4.90 Å². The highest BCUT2D eigenvalue weighted by Gasteiger charge is 2.60. The molecular formula is C14H13Cl2F3NO2S. The Morgan fingerprint density at radius 3 is 2.43 bits per heavy atom. The van der Waals surface area contributed by atoms with Crippen molar-refractivity contribution >= 4 is 34.3 Å². The standard InChI is InChI=1S/C14H13Cl2F3NO2S/c15-10-3-9(4-11(16)5-10)13(14(17,18)19)1-2-20(8-13)12-6-22-23(21)7-12/h2-5,12H,1,6-8H2. The van der Waals surface area contributed by atoms with Gasteiger partial charge in [0.1, 0.15) is 5.41 Å². The maximum atomic E-state index is 13.9. The van der Waals surface area contributed by atoms with E-state index in [1.165, 1.54) is 24.7 Å². The monoisotopic (exact) mass is 386 g/mol. The number of rotatable bonds is 2. The number of benzene rings is 1. The Bertz CT molecular complexity index is 623. The molecule has 9 heteroatoms. The molecule has 2 saturated heterocycles. The lowest BCUT2D eigenvalue weighted by molar-refractivity contribution is -0.187. The summed E-state index contributed by atoms with van der Waals surface area (Å²) in [7, 11) is 0. The van der Waals surface area contributed by atoms with Gasteiger partial charge < -0.3 is 0 Å². The molecule has 0 aromatic heterocycles. The molecule has 2 heterocycles. The number of hydrogen-bond acceptors (Lipinski definition) is 3. The molecular weight excluding hydrogens is 374 g/mol. The van der Waals surface area contributed by atoms with E-state index in [0.717, 1.165) is 0 Å². The number of alkyl halides is 3. The Hall–Kier alpha value is -0.340. The van der Waals surface area contributed by atoms with Gasteiger partial charge in [-0.25, -0.2) is 4.21 Å². The van der Waals surface area contributed by atoms with E-state index in [9.17, 15) is 17.4 Å². The molecule has 0 bridgehead atoms. The predicted octanol–water partition coefficient (Wildman–Crippen LogP) is 3.72. The zero-order valence-electron chi connectivity index (χ0n) is 11.8. The van der Waals surface area contributed by atoms with Crippen LogP contribution in [0, 0.1) is 6.54 Å². The molecule has 0 N–H and O–H groups in total. The van der Waals surface area contributed by atoms with E-state index < -0.39 is 22.7 Å². The minimum Gasteiger partial charge on any atom is -0.291 e. The molecule has 0 aliphatic carbocycles. The molecule has 1 aromatic rings. The molecule has 3 atom stereocenters. The molecule has 3 unspecified atom stereocenters. The summed E-state index contributed by atoms with van der Waals surface area (Å²) in [5.74, 6) is 0.209. The van der Waals surface area contributed by atoms with Crippen molar-refractivity contribution in [1.29, 1.82) is 0 Å².